The average molecular weight is 221 g/mol. The maximum atomic E-state index is 4.47. The smallest absolute Gasteiger partial charge is 0.202 e. The molecule has 2 aromatic rings. The van der Waals surface area contributed by atoms with Gasteiger partial charge in [0.15, 0.2) is 0 Å². The molecule has 0 radical (unpaired) electrons. The molecule has 0 amide bonds. The predicted molar refractivity (Wildman–Crippen MR) is 56.5 cm³/mol. The zero-order valence-corrected chi connectivity index (χ0v) is 9.00. The lowest BCUT2D eigenvalue weighted by molar-refractivity contribution is 0.672. The highest BCUT2D eigenvalue weighted by atomic mass is 32.1. The molecule has 6 heteroatoms. The van der Waals surface area contributed by atoms with Crippen molar-refractivity contribution < 1.29 is 0 Å². The minimum absolute atomic E-state index is 0.567. The fourth-order valence-corrected chi connectivity index (χ4v) is 2.47. The SMILES string of the molecule is c1snnc1-c1n[nH]c(C2CCCC2)n1. The van der Waals surface area contributed by atoms with Gasteiger partial charge in [0, 0.05) is 11.3 Å². The van der Waals surface area contributed by atoms with Gasteiger partial charge >= 0.3 is 0 Å². The van der Waals surface area contributed by atoms with Gasteiger partial charge in [-0.25, -0.2) is 4.98 Å². The molecule has 1 saturated carbocycles. The van der Waals surface area contributed by atoms with Gasteiger partial charge in [0.25, 0.3) is 0 Å². The van der Waals surface area contributed by atoms with Crippen LogP contribution in [0.5, 0.6) is 0 Å². The van der Waals surface area contributed by atoms with Crippen molar-refractivity contribution in [2.45, 2.75) is 31.6 Å². The van der Waals surface area contributed by atoms with E-state index in [-0.39, 0.29) is 0 Å². The molecule has 0 bridgehead atoms. The first-order valence-electron chi connectivity index (χ1n) is 5.13. The molecule has 0 spiro atoms. The lowest BCUT2D eigenvalue weighted by Crippen LogP contribution is -1.94. The van der Waals surface area contributed by atoms with Gasteiger partial charge in [-0.3, -0.25) is 5.10 Å². The molecule has 1 fully saturated rings. The Morgan fingerprint density at radius 2 is 2.20 bits per heavy atom. The Kier molecular flexibility index (Phi) is 2.21. The maximum absolute atomic E-state index is 4.47. The van der Waals surface area contributed by atoms with Crippen molar-refractivity contribution >= 4 is 11.5 Å². The normalized spacial score (nSPS) is 17.3. The van der Waals surface area contributed by atoms with Crippen molar-refractivity contribution in [1.82, 2.24) is 24.8 Å². The van der Waals surface area contributed by atoms with Crippen LogP contribution in [-0.2, 0) is 0 Å². The van der Waals surface area contributed by atoms with Crippen molar-refractivity contribution in [3.63, 3.8) is 0 Å². The molecule has 0 saturated heterocycles. The lowest BCUT2D eigenvalue weighted by Gasteiger charge is -2.01. The molecule has 0 aromatic carbocycles. The second-order valence-electron chi connectivity index (χ2n) is 3.82. The summed E-state index contributed by atoms with van der Waals surface area (Å²) in [5.41, 5.74) is 0.764. The van der Waals surface area contributed by atoms with Gasteiger partial charge in [-0.1, -0.05) is 17.3 Å². The van der Waals surface area contributed by atoms with Crippen LogP contribution in [0, 0.1) is 0 Å². The summed E-state index contributed by atoms with van der Waals surface area (Å²) in [6.45, 7) is 0. The van der Waals surface area contributed by atoms with Gasteiger partial charge in [-0.15, -0.1) is 5.10 Å². The van der Waals surface area contributed by atoms with Crippen molar-refractivity contribution in [3.8, 4) is 11.5 Å². The van der Waals surface area contributed by atoms with Gasteiger partial charge in [0.1, 0.15) is 11.5 Å². The highest BCUT2D eigenvalue weighted by Gasteiger charge is 2.21. The zero-order chi connectivity index (χ0) is 10.1. The molecule has 0 atom stereocenters. The molecule has 2 aromatic heterocycles. The first-order valence-corrected chi connectivity index (χ1v) is 5.97. The molecule has 1 aliphatic carbocycles. The third kappa shape index (κ3) is 1.65. The van der Waals surface area contributed by atoms with Crippen molar-refractivity contribution in [2.24, 2.45) is 0 Å². The largest absolute Gasteiger partial charge is 0.262 e. The van der Waals surface area contributed by atoms with E-state index >= 15 is 0 Å². The summed E-state index contributed by atoms with van der Waals surface area (Å²) in [6.07, 6.45) is 5.06. The summed E-state index contributed by atoms with van der Waals surface area (Å²) >= 11 is 1.32. The van der Waals surface area contributed by atoms with Crippen LogP contribution in [0.2, 0.25) is 0 Å². The number of hydrogen-bond acceptors (Lipinski definition) is 5. The second-order valence-corrected chi connectivity index (χ2v) is 4.43. The van der Waals surface area contributed by atoms with Crippen LogP contribution in [0.1, 0.15) is 37.4 Å². The van der Waals surface area contributed by atoms with E-state index in [1.807, 2.05) is 5.38 Å². The monoisotopic (exact) mass is 221 g/mol. The van der Waals surface area contributed by atoms with Gasteiger partial charge < -0.3 is 0 Å². The van der Waals surface area contributed by atoms with Crippen LogP contribution in [0.4, 0.5) is 0 Å². The Hall–Kier alpha value is -1.30. The Labute approximate surface area is 91.1 Å². The Morgan fingerprint density at radius 3 is 2.93 bits per heavy atom. The van der Waals surface area contributed by atoms with Crippen LogP contribution < -0.4 is 0 Å². The summed E-state index contributed by atoms with van der Waals surface area (Å²) < 4.78 is 3.80. The standard InChI is InChI=1S/C9H11N5S/c1-2-4-6(3-1)8-10-9(13-12-8)7-5-15-14-11-7/h5-6H,1-4H2,(H,10,12,13). The molecule has 15 heavy (non-hydrogen) atoms. The average Bonchev–Trinajstić information content (AvgIpc) is 3.02. The first kappa shape index (κ1) is 8.96. The fraction of sp³-hybridized carbons (Fsp3) is 0.556. The van der Waals surface area contributed by atoms with Crippen LogP contribution in [0.15, 0.2) is 5.38 Å². The number of nitrogens with zero attached hydrogens (tertiary/aromatic N) is 4. The third-order valence-corrected chi connectivity index (χ3v) is 3.34. The molecular weight excluding hydrogens is 210 g/mol. The molecule has 0 unspecified atom stereocenters. The van der Waals surface area contributed by atoms with E-state index in [1.165, 1.54) is 37.2 Å². The van der Waals surface area contributed by atoms with E-state index < -0.39 is 0 Å². The maximum Gasteiger partial charge on any atom is 0.202 e. The van der Waals surface area contributed by atoms with E-state index in [0.717, 1.165) is 11.5 Å². The van der Waals surface area contributed by atoms with Gasteiger partial charge in [0.05, 0.1) is 0 Å². The molecule has 78 valence electrons. The van der Waals surface area contributed by atoms with Crippen LogP contribution in [0.3, 0.4) is 0 Å². The van der Waals surface area contributed by atoms with Crippen molar-refractivity contribution in [2.75, 3.05) is 0 Å². The van der Waals surface area contributed by atoms with Gasteiger partial charge in [-0.05, 0) is 24.4 Å². The van der Waals surface area contributed by atoms with E-state index in [0.29, 0.717) is 11.7 Å². The van der Waals surface area contributed by atoms with E-state index in [1.54, 1.807) is 0 Å². The number of aromatic amines is 1. The van der Waals surface area contributed by atoms with E-state index in [2.05, 4.69) is 24.8 Å². The Bertz CT molecular complexity index is 429. The van der Waals surface area contributed by atoms with Crippen molar-refractivity contribution in [3.05, 3.63) is 11.2 Å². The zero-order valence-electron chi connectivity index (χ0n) is 8.18. The van der Waals surface area contributed by atoms with Gasteiger partial charge in [0.2, 0.25) is 5.82 Å². The molecule has 1 N–H and O–H groups in total. The Balaban J connectivity index is 1.87. The fourth-order valence-electron chi connectivity index (χ4n) is 2.03. The summed E-state index contributed by atoms with van der Waals surface area (Å²) in [6, 6.07) is 0. The Morgan fingerprint density at radius 1 is 1.33 bits per heavy atom. The second kappa shape index (κ2) is 3.69. The van der Waals surface area contributed by atoms with Crippen molar-refractivity contribution in [1.29, 1.82) is 0 Å². The van der Waals surface area contributed by atoms with E-state index in [4.69, 9.17) is 0 Å². The van der Waals surface area contributed by atoms with Crippen LogP contribution in [0.25, 0.3) is 11.5 Å². The highest BCUT2D eigenvalue weighted by molar-refractivity contribution is 7.03. The molecule has 3 rings (SSSR count). The number of hydrogen-bond donors (Lipinski definition) is 1. The van der Waals surface area contributed by atoms with Gasteiger partial charge in [-0.2, -0.15) is 5.10 Å². The highest BCUT2D eigenvalue weighted by Crippen LogP contribution is 2.32. The number of H-pyrrole nitrogens is 1. The summed E-state index contributed by atoms with van der Waals surface area (Å²) in [4.78, 5) is 4.47. The quantitative estimate of drug-likeness (QED) is 0.842. The minimum atomic E-state index is 0.567. The number of rotatable bonds is 2. The summed E-state index contributed by atoms with van der Waals surface area (Å²) in [7, 11) is 0. The van der Waals surface area contributed by atoms with Crippen LogP contribution in [-0.4, -0.2) is 24.8 Å². The molecule has 2 heterocycles. The molecule has 5 nitrogen and oxygen atoms in total. The first-order chi connectivity index (χ1) is 7.43. The third-order valence-electron chi connectivity index (χ3n) is 2.83. The molecular formula is C9H11N5S. The van der Waals surface area contributed by atoms with Crippen LogP contribution >= 0.6 is 11.5 Å². The minimum Gasteiger partial charge on any atom is -0.262 e. The summed E-state index contributed by atoms with van der Waals surface area (Å²) in [5.74, 6) is 2.25. The predicted octanol–water partition coefficient (Wildman–Crippen LogP) is 1.98. The molecule has 1 aliphatic rings. The molecule has 0 aliphatic heterocycles. The topological polar surface area (TPSA) is 67.3 Å². The lowest BCUT2D eigenvalue weighted by atomic mass is 10.1. The summed E-state index contributed by atoms with van der Waals surface area (Å²) in [5, 5.41) is 13.0. The van der Waals surface area contributed by atoms with E-state index in [9.17, 15) is 0 Å². The number of nitrogens with one attached hydrogen (secondary N) is 1. The number of aromatic nitrogens is 5.